The first-order valence-corrected chi connectivity index (χ1v) is 10.6. The van der Waals surface area contributed by atoms with E-state index in [1.807, 2.05) is 17.8 Å². The molecule has 2 nitrogen and oxygen atoms in total. The number of benzene rings is 3. The van der Waals surface area contributed by atoms with Gasteiger partial charge in [0.25, 0.3) is 0 Å². The van der Waals surface area contributed by atoms with Crippen molar-refractivity contribution in [2.45, 2.75) is 5.88 Å². The monoisotopic (exact) mass is 392 g/mol. The molecule has 0 unspecified atom stereocenters. The Morgan fingerprint density at radius 3 is 1.41 bits per heavy atom. The van der Waals surface area contributed by atoms with Crippen molar-refractivity contribution in [3.8, 4) is 0 Å². The van der Waals surface area contributed by atoms with Crippen molar-refractivity contribution in [2.75, 3.05) is 0 Å². The zero-order valence-electron chi connectivity index (χ0n) is 15.2. The minimum absolute atomic E-state index is 0.446. The molecule has 0 aliphatic rings. The normalized spacial score (nSPS) is 10.3. The number of aryl methyl sites for hydroxylation is 1. The van der Waals surface area contributed by atoms with Gasteiger partial charge in [0.15, 0.2) is 0 Å². The molecule has 27 heavy (non-hydrogen) atoms. The summed E-state index contributed by atoms with van der Waals surface area (Å²) in [5, 5.41) is 4.19. The van der Waals surface area contributed by atoms with Crippen molar-refractivity contribution in [2.24, 2.45) is 7.05 Å². The number of rotatable bonds is 4. The maximum absolute atomic E-state index is 5.49. The van der Waals surface area contributed by atoms with E-state index >= 15 is 0 Å². The number of hydrogen-bond acceptors (Lipinski definition) is 1. The number of hydrogen-bond donors (Lipinski definition) is 0. The molecule has 4 aromatic rings. The highest BCUT2D eigenvalue weighted by Gasteiger charge is 2.14. The van der Waals surface area contributed by atoms with Crippen LogP contribution in [0.15, 0.2) is 103 Å². The predicted molar refractivity (Wildman–Crippen MR) is 118 cm³/mol. The van der Waals surface area contributed by atoms with Crippen LogP contribution in [0.3, 0.4) is 0 Å². The summed E-state index contributed by atoms with van der Waals surface area (Å²) in [5.41, 5.74) is 0. The maximum Gasteiger partial charge on any atom is 0.123 e. The predicted octanol–water partition coefficient (Wildman–Crippen LogP) is 4.60. The third-order valence-corrected chi connectivity index (χ3v) is 6.77. The van der Waals surface area contributed by atoms with E-state index in [0.29, 0.717) is 5.88 Å². The highest BCUT2D eigenvalue weighted by atomic mass is 35.5. The molecule has 4 rings (SSSR count). The molecule has 0 atom stereocenters. The summed E-state index contributed by atoms with van der Waals surface area (Å²) >= 11 is 5.49. The molecule has 1 heterocycles. The molecule has 0 saturated carbocycles. The Hall–Kier alpha value is -2.41. The van der Waals surface area contributed by atoms with Gasteiger partial charge in [-0.15, -0.1) is 11.6 Å². The van der Waals surface area contributed by atoms with Crippen LogP contribution in [0.2, 0.25) is 0 Å². The van der Waals surface area contributed by atoms with E-state index in [9.17, 15) is 0 Å². The van der Waals surface area contributed by atoms with Crippen LogP contribution in [0.5, 0.6) is 0 Å². The summed E-state index contributed by atoms with van der Waals surface area (Å²) in [7, 11) is 1.48. The summed E-state index contributed by atoms with van der Waals surface area (Å²) in [6, 6.07) is 32.3. The third kappa shape index (κ3) is 5.29. The van der Waals surface area contributed by atoms with Gasteiger partial charge in [-0.1, -0.05) is 91.0 Å². The summed E-state index contributed by atoms with van der Waals surface area (Å²) in [6.45, 7) is 0. The van der Waals surface area contributed by atoms with E-state index in [-0.39, 0.29) is 0 Å². The number of alkyl halides is 1. The fraction of sp³-hybridized carbons (Fsp3) is 0.0870. The molecule has 0 bridgehead atoms. The van der Waals surface area contributed by atoms with E-state index < -0.39 is 7.92 Å². The largest absolute Gasteiger partial charge is 0.337 e. The highest BCUT2D eigenvalue weighted by molar-refractivity contribution is 7.79. The first-order valence-electron chi connectivity index (χ1n) is 8.77. The van der Waals surface area contributed by atoms with Crippen molar-refractivity contribution in [3.05, 3.63) is 109 Å². The lowest BCUT2D eigenvalue weighted by Gasteiger charge is -2.18. The smallest absolute Gasteiger partial charge is 0.123 e. The topological polar surface area (TPSA) is 17.8 Å². The molecular weight excluding hydrogens is 371 g/mol. The zero-order valence-corrected chi connectivity index (χ0v) is 16.9. The Kier molecular flexibility index (Phi) is 7.21. The van der Waals surface area contributed by atoms with Gasteiger partial charge in [-0.05, 0) is 23.8 Å². The van der Waals surface area contributed by atoms with Gasteiger partial charge in [0.2, 0.25) is 0 Å². The molecule has 0 amide bonds. The summed E-state index contributed by atoms with van der Waals surface area (Å²) in [4.78, 5) is 3.97. The van der Waals surface area contributed by atoms with Gasteiger partial charge in [0, 0.05) is 19.4 Å². The zero-order chi connectivity index (χ0) is 18.9. The SMILES string of the molecule is Cn1ccnc1CCl.c1ccc(P(c2ccccc2)c2ccccc2)cc1. The molecule has 0 spiro atoms. The van der Waals surface area contributed by atoms with E-state index in [0.717, 1.165) is 5.82 Å². The average Bonchev–Trinajstić information content (AvgIpc) is 3.16. The van der Waals surface area contributed by atoms with Gasteiger partial charge in [-0.25, -0.2) is 4.98 Å². The number of nitrogens with zero attached hydrogens (tertiary/aromatic N) is 2. The van der Waals surface area contributed by atoms with E-state index in [2.05, 4.69) is 96.0 Å². The van der Waals surface area contributed by atoms with Gasteiger partial charge in [-0.2, -0.15) is 0 Å². The second-order valence-corrected chi connectivity index (χ2v) is 8.42. The van der Waals surface area contributed by atoms with Crippen molar-refractivity contribution in [1.29, 1.82) is 0 Å². The Balaban J connectivity index is 0.000000221. The number of aromatic nitrogens is 2. The van der Waals surface area contributed by atoms with Crippen LogP contribution in [0.1, 0.15) is 5.82 Å². The van der Waals surface area contributed by atoms with Gasteiger partial charge < -0.3 is 4.57 Å². The minimum Gasteiger partial charge on any atom is -0.337 e. The first-order chi connectivity index (χ1) is 13.3. The molecule has 0 radical (unpaired) electrons. The van der Waals surface area contributed by atoms with E-state index in [4.69, 9.17) is 11.6 Å². The second-order valence-electron chi connectivity index (χ2n) is 5.93. The van der Waals surface area contributed by atoms with Crippen LogP contribution in [0.4, 0.5) is 0 Å². The minimum atomic E-state index is -0.446. The quantitative estimate of drug-likeness (QED) is 0.366. The summed E-state index contributed by atoms with van der Waals surface area (Å²) < 4.78 is 1.90. The standard InChI is InChI=1S/C18H15P.C5H7ClN2/c1-4-10-16(11-5-1)19(17-12-6-2-7-13-17)18-14-8-3-9-15-18;1-8-3-2-7-5(8)4-6/h1-15H;2-3H,4H2,1H3. The fourth-order valence-electron chi connectivity index (χ4n) is 2.70. The molecule has 0 N–H and O–H groups in total. The van der Waals surface area contributed by atoms with Gasteiger partial charge in [0.1, 0.15) is 5.82 Å². The second kappa shape index (κ2) is 10.1. The highest BCUT2D eigenvalue weighted by Crippen LogP contribution is 2.32. The lowest BCUT2D eigenvalue weighted by Crippen LogP contribution is -2.20. The Morgan fingerprint density at radius 2 is 1.15 bits per heavy atom. The lowest BCUT2D eigenvalue weighted by molar-refractivity contribution is 0.847. The maximum atomic E-state index is 5.49. The van der Waals surface area contributed by atoms with Gasteiger partial charge in [0.05, 0.1) is 5.88 Å². The lowest BCUT2D eigenvalue weighted by atomic mass is 10.4. The molecule has 0 saturated heterocycles. The van der Waals surface area contributed by atoms with E-state index in [1.165, 1.54) is 15.9 Å². The van der Waals surface area contributed by atoms with Gasteiger partial charge in [-0.3, -0.25) is 0 Å². The molecule has 0 aliphatic carbocycles. The van der Waals surface area contributed by atoms with Crippen LogP contribution < -0.4 is 15.9 Å². The summed E-state index contributed by atoms with van der Waals surface area (Å²) in [6.07, 6.45) is 3.61. The Labute approximate surface area is 167 Å². The molecular formula is C23H22ClN2P. The van der Waals surface area contributed by atoms with Crippen molar-refractivity contribution >= 4 is 35.4 Å². The van der Waals surface area contributed by atoms with Crippen LogP contribution in [0, 0.1) is 0 Å². The van der Waals surface area contributed by atoms with Crippen molar-refractivity contribution in [1.82, 2.24) is 9.55 Å². The summed E-state index contributed by atoms with van der Waals surface area (Å²) in [5.74, 6) is 1.40. The number of imidazole rings is 1. The van der Waals surface area contributed by atoms with Crippen LogP contribution in [-0.4, -0.2) is 9.55 Å². The fourth-order valence-corrected chi connectivity index (χ4v) is 5.27. The Bertz CT molecular complexity index is 830. The average molecular weight is 393 g/mol. The van der Waals surface area contributed by atoms with Crippen LogP contribution in [-0.2, 0) is 12.9 Å². The first kappa shape index (κ1) is 19.4. The molecule has 3 aromatic carbocycles. The van der Waals surface area contributed by atoms with Gasteiger partial charge >= 0.3 is 0 Å². The van der Waals surface area contributed by atoms with Crippen molar-refractivity contribution < 1.29 is 0 Å². The molecule has 0 aliphatic heterocycles. The van der Waals surface area contributed by atoms with Crippen LogP contribution >= 0.6 is 19.5 Å². The molecule has 136 valence electrons. The number of halogens is 1. The molecule has 1 aromatic heterocycles. The van der Waals surface area contributed by atoms with Crippen LogP contribution in [0.25, 0.3) is 0 Å². The van der Waals surface area contributed by atoms with E-state index in [1.54, 1.807) is 6.20 Å². The van der Waals surface area contributed by atoms with Crippen molar-refractivity contribution in [3.63, 3.8) is 0 Å². The molecule has 0 fully saturated rings. The third-order valence-electron chi connectivity index (χ3n) is 4.08. The molecule has 4 heteroatoms. The Morgan fingerprint density at radius 1 is 0.741 bits per heavy atom.